The van der Waals surface area contributed by atoms with E-state index >= 15 is 0 Å². The highest BCUT2D eigenvalue weighted by molar-refractivity contribution is 6.13. The van der Waals surface area contributed by atoms with Gasteiger partial charge in [-0.15, -0.1) is 0 Å². The SMILES string of the molecule is COC(=O)C(C)(C(=O)Nc1ccc(N)cc1)c1ccc(OC)cc1. The Bertz CT molecular complexity index is 726. The molecule has 2 rings (SSSR count). The van der Waals surface area contributed by atoms with Crippen LogP contribution in [0.1, 0.15) is 12.5 Å². The Kier molecular flexibility index (Phi) is 5.08. The summed E-state index contributed by atoms with van der Waals surface area (Å²) in [6.07, 6.45) is 0. The van der Waals surface area contributed by atoms with Gasteiger partial charge in [-0.25, -0.2) is 0 Å². The van der Waals surface area contributed by atoms with E-state index in [4.69, 9.17) is 15.2 Å². The fourth-order valence-corrected chi connectivity index (χ4v) is 2.29. The van der Waals surface area contributed by atoms with Gasteiger partial charge in [0, 0.05) is 11.4 Å². The second-order valence-electron chi connectivity index (χ2n) is 5.42. The summed E-state index contributed by atoms with van der Waals surface area (Å²) < 4.78 is 9.96. The Morgan fingerprint density at radius 2 is 1.58 bits per heavy atom. The zero-order valence-corrected chi connectivity index (χ0v) is 13.8. The van der Waals surface area contributed by atoms with Gasteiger partial charge in [-0.3, -0.25) is 9.59 Å². The quantitative estimate of drug-likeness (QED) is 0.499. The number of nitrogens with two attached hydrogens (primary N) is 1. The predicted octanol–water partition coefficient (Wildman–Crippen LogP) is 2.35. The van der Waals surface area contributed by atoms with Crippen LogP contribution in [0.2, 0.25) is 0 Å². The molecule has 0 saturated carbocycles. The second kappa shape index (κ2) is 7.04. The van der Waals surface area contributed by atoms with Crippen LogP contribution in [0.3, 0.4) is 0 Å². The Labute approximate surface area is 140 Å². The molecule has 0 heterocycles. The first-order valence-electron chi connectivity index (χ1n) is 7.31. The molecule has 0 fully saturated rings. The maximum Gasteiger partial charge on any atom is 0.325 e. The first kappa shape index (κ1) is 17.3. The van der Waals surface area contributed by atoms with E-state index < -0.39 is 17.3 Å². The van der Waals surface area contributed by atoms with Crippen LogP contribution in [0.15, 0.2) is 48.5 Å². The predicted molar refractivity (Wildman–Crippen MR) is 91.8 cm³/mol. The number of carbonyl (C=O) groups excluding carboxylic acids is 2. The molecule has 6 heteroatoms. The summed E-state index contributed by atoms with van der Waals surface area (Å²) in [6, 6.07) is 13.4. The lowest BCUT2D eigenvalue weighted by molar-refractivity contribution is -0.150. The third kappa shape index (κ3) is 3.32. The van der Waals surface area contributed by atoms with Crippen LogP contribution in [0.4, 0.5) is 11.4 Å². The van der Waals surface area contributed by atoms with Gasteiger partial charge < -0.3 is 20.5 Å². The second-order valence-corrected chi connectivity index (χ2v) is 5.42. The van der Waals surface area contributed by atoms with Gasteiger partial charge in [0.1, 0.15) is 5.75 Å². The highest BCUT2D eigenvalue weighted by Gasteiger charge is 2.44. The largest absolute Gasteiger partial charge is 0.497 e. The number of benzene rings is 2. The molecular formula is C18H20N2O4. The van der Waals surface area contributed by atoms with Crippen molar-refractivity contribution >= 4 is 23.3 Å². The first-order valence-corrected chi connectivity index (χ1v) is 7.31. The lowest BCUT2D eigenvalue weighted by atomic mass is 9.81. The average molecular weight is 328 g/mol. The molecule has 0 saturated heterocycles. The number of hydrogen-bond donors (Lipinski definition) is 2. The van der Waals surface area contributed by atoms with Gasteiger partial charge in [0.15, 0.2) is 5.41 Å². The number of nitrogens with one attached hydrogen (secondary N) is 1. The summed E-state index contributed by atoms with van der Waals surface area (Å²) >= 11 is 0. The maximum atomic E-state index is 12.8. The van der Waals surface area contributed by atoms with E-state index in [1.54, 1.807) is 55.6 Å². The molecule has 2 aromatic carbocycles. The molecule has 24 heavy (non-hydrogen) atoms. The fourth-order valence-electron chi connectivity index (χ4n) is 2.29. The van der Waals surface area contributed by atoms with Crippen molar-refractivity contribution in [3.63, 3.8) is 0 Å². The summed E-state index contributed by atoms with van der Waals surface area (Å²) in [6.45, 7) is 1.52. The summed E-state index contributed by atoms with van der Waals surface area (Å²) in [5.41, 5.74) is 5.76. The topological polar surface area (TPSA) is 90.7 Å². The van der Waals surface area contributed by atoms with Gasteiger partial charge in [-0.1, -0.05) is 12.1 Å². The minimum absolute atomic E-state index is 0.496. The Balaban J connectivity index is 2.36. The molecule has 6 nitrogen and oxygen atoms in total. The number of esters is 1. The van der Waals surface area contributed by atoms with Crippen LogP contribution >= 0.6 is 0 Å². The number of anilines is 2. The lowest BCUT2D eigenvalue weighted by Gasteiger charge is -2.26. The zero-order chi connectivity index (χ0) is 17.7. The number of ether oxygens (including phenoxy) is 2. The van der Waals surface area contributed by atoms with Crippen LogP contribution in [-0.4, -0.2) is 26.1 Å². The molecule has 0 bridgehead atoms. The van der Waals surface area contributed by atoms with E-state index in [0.717, 1.165) is 0 Å². The molecule has 1 amide bonds. The van der Waals surface area contributed by atoms with E-state index in [2.05, 4.69) is 5.32 Å². The number of hydrogen-bond acceptors (Lipinski definition) is 5. The summed E-state index contributed by atoms with van der Waals surface area (Å²) in [5.74, 6) is -0.519. The minimum atomic E-state index is -1.50. The molecule has 0 aromatic heterocycles. The maximum absolute atomic E-state index is 12.8. The molecule has 0 radical (unpaired) electrons. The molecule has 2 aromatic rings. The highest BCUT2D eigenvalue weighted by atomic mass is 16.5. The van der Waals surface area contributed by atoms with Gasteiger partial charge in [-0.05, 0) is 48.9 Å². The smallest absolute Gasteiger partial charge is 0.325 e. The molecule has 3 N–H and O–H groups in total. The van der Waals surface area contributed by atoms with Crippen molar-refractivity contribution in [1.29, 1.82) is 0 Å². The van der Waals surface area contributed by atoms with E-state index in [1.165, 1.54) is 14.0 Å². The Morgan fingerprint density at radius 1 is 1.00 bits per heavy atom. The average Bonchev–Trinajstić information content (AvgIpc) is 2.62. The van der Waals surface area contributed by atoms with Crippen LogP contribution < -0.4 is 15.8 Å². The van der Waals surface area contributed by atoms with Crippen LogP contribution in [-0.2, 0) is 19.7 Å². The van der Waals surface area contributed by atoms with Gasteiger partial charge in [-0.2, -0.15) is 0 Å². The Hall–Kier alpha value is -3.02. The van der Waals surface area contributed by atoms with E-state index in [0.29, 0.717) is 22.7 Å². The van der Waals surface area contributed by atoms with Gasteiger partial charge in [0.2, 0.25) is 5.91 Å². The van der Waals surface area contributed by atoms with Crippen molar-refractivity contribution < 1.29 is 19.1 Å². The molecular weight excluding hydrogens is 308 g/mol. The number of amides is 1. The molecule has 0 aliphatic heterocycles. The standard InChI is InChI=1S/C18H20N2O4/c1-18(17(22)24-3,12-4-10-15(23-2)11-5-12)16(21)20-14-8-6-13(19)7-9-14/h4-11H,19H2,1-3H3,(H,20,21). The number of nitrogen functional groups attached to an aromatic ring is 1. The van der Waals surface area contributed by atoms with E-state index in [-0.39, 0.29) is 0 Å². The summed E-state index contributed by atoms with van der Waals surface area (Å²) in [7, 11) is 2.79. The molecule has 1 atom stereocenters. The van der Waals surface area contributed by atoms with Gasteiger partial charge in [0.25, 0.3) is 0 Å². The van der Waals surface area contributed by atoms with E-state index in [9.17, 15) is 9.59 Å². The molecule has 0 aliphatic carbocycles. The molecule has 126 valence electrons. The molecule has 1 unspecified atom stereocenters. The van der Waals surface area contributed by atoms with Crippen molar-refractivity contribution in [2.24, 2.45) is 0 Å². The van der Waals surface area contributed by atoms with Crippen molar-refractivity contribution in [2.45, 2.75) is 12.3 Å². The van der Waals surface area contributed by atoms with Gasteiger partial charge in [0.05, 0.1) is 14.2 Å². The number of methoxy groups -OCH3 is 2. The van der Waals surface area contributed by atoms with Crippen molar-refractivity contribution in [2.75, 3.05) is 25.3 Å². The van der Waals surface area contributed by atoms with Crippen molar-refractivity contribution in [3.8, 4) is 5.75 Å². The van der Waals surface area contributed by atoms with E-state index in [1.807, 2.05) is 0 Å². The first-order chi connectivity index (χ1) is 11.4. The minimum Gasteiger partial charge on any atom is -0.497 e. The monoisotopic (exact) mass is 328 g/mol. The van der Waals surface area contributed by atoms with Crippen LogP contribution in [0.25, 0.3) is 0 Å². The Morgan fingerprint density at radius 3 is 2.08 bits per heavy atom. The van der Waals surface area contributed by atoms with Crippen molar-refractivity contribution in [3.05, 3.63) is 54.1 Å². The third-order valence-corrected chi connectivity index (χ3v) is 3.88. The molecule has 0 aliphatic rings. The summed E-state index contributed by atoms with van der Waals surface area (Å²) in [4.78, 5) is 25.1. The third-order valence-electron chi connectivity index (χ3n) is 3.88. The lowest BCUT2D eigenvalue weighted by Crippen LogP contribution is -2.45. The fraction of sp³-hybridized carbons (Fsp3) is 0.222. The summed E-state index contributed by atoms with van der Waals surface area (Å²) in [5, 5.41) is 2.73. The zero-order valence-electron chi connectivity index (χ0n) is 13.8. The molecule has 0 spiro atoms. The number of carbonyl (C=O) groups is 2. The van der Waals surface area contributed by atoms with Crippen LogP contribution in [0.5, 0.6) is 5.75 Å². The normalized spacial score (nSPS) is 12.8. The van der Waals surface area contributed by atoms with Crippen LogP contribution in [0, 0.1) is 0 Å². The highest BCUT2D eigenvalue weighted by Crippen LogP contribution is 2.29. The number of rotatable bonds is 5. The van der Waals surface area contributed by atoms with Gasteiger partial charge >= 0.3 is 5.97 Å². The van der Waals surface area contributed by atoms with Crippen molar-refractivity contribution in [1.82, 2.24) is 0 Å².